The molecule has 148 valence electrons. The molecule has 0 spiro atoms. The van der Waals surface area contributed by atoms with E-state index in [-0.39, 0.29) is 6.61 Å². The third-order valence-corrected chi connectivity index (χ3v) is 4.68. The van der Waals surface area contributed by atoms with Crippen LogP contribution in [0.3, 0.4) is 0 Å². The number of nitrogens with one attached hydrogen (secondary N) is 1. The van der Waals surface area contributed by atoms with E-state index in [0.717, 1.165) is 12.8 Å². The Morgan fingerprint density at radius 1 is 0.708 bits per heavy atom. The first-order valence-electron chi connectivity index (χ1n) is 9.84. The molecule has 0 aliphatic carbocycles. The van der Waals surface area contributed by atoms with Gasteiger partial charge in [0, 0.05) is 0 Å². The summed E-state index contributed by atoms with van der Waals surface area (Å²) in [6.07, 6.45) is 11.7. The van der Waals surface area contributed by atoms with Gasteiger partial charge in [-0.25, -0.2) is 8.42 Å². The van der Waals surface area contributed by atoms with Crippen LogP contribution in [-0.2, 0) is 14.6 Å². The van der Waals surface area contributed by atoms with Crippen molar-refractivity contribution in [1.29, 1.82) is 0 Å². The van der Waals surface area contributed by atoms with Gasteiger partial charge in [-0.15, -0.1) is 0 Å². The van der Waals surface area contributed by atoms with Gasteiger partial charge in [0.05, 0.1) is 26.2 Å². The Hall–Kier alpha value is -0.170. The second kappa shape index (κ2) is 19.2. The summed E-state index contributed by atoms with van der Waals surface area (Å²) >= 11 is 0. The summed E-state index contributed by atoms with van der Waals surface area (Å²) in [5, 5.41) is 0. The lowest BCUT2D eigenvalue weighted by Gasteiger charge is -2.10. The van der Waals surface area contributed by atoms with Crippen LogP contribution >= 0.6 is 0 Å². The van der Waals surface area contributed by atoms with Crippen LogP contribution in [0.1, 0.15) is 91.9 Å². The number of unbranched alkanes of at least 4 members (excludes halogenated alkanes) is 9. The van der Waals surface area contributed by atoms with Gasteiger partial charge in [0.2, 0.25) is 10.4 Å². The first-order chi connectivity index (χ1) is 11.4. The average Bonchev–Trinajstić information content (AvgIpc) is 2.54. The van der Waals surface area contributed by atoms with Crippen LogP contribution in [0.15, 0.2) is 0 Å². The zero-order valence-electron chi connectivity index (χ0n) is 16.4. The molecular weight excluding hydrogens is 326 g/mol. The van der Waals surface area contributed by atoms with Crippen molar-refractivity contribution in [2.75, 3.05) is 26.2 Å². The fourth-order valence-electron chi connectivity index (χ4n) is 2.50. The van der Waals surface area contributed by atoms with E-state index >= 15 is 0 Å². The predicted octanol–water partition coefficient (Wildman–Crippen LogP) is 3.32. The smallest absolute Gasteiger partial charge is 0.217 e. The van der Waals surface area contributed by atoms with Crippen molar-refractivity contribution >= 4 is 10.4 Å². The fraction of sp³-hybridized carbons (Fsp3) is 1.00. The SMILES string of the molecule is CCCCCCCCCCCCOS(=O)(=O)[O-].CC[NH+](CC)CC. The van der Waals surface area contributed by atoms with Gasteiger partial charge in [-0.3, -0.25) is 4.18 Å². The molecule has 0 rings (SSSR count). The van der Waals surface area contributed by atoms with Crippen LogP contribution in [0.2, 0.25) is 0 Å². The molecule has 0 radical (unpaired) electrons. The van der Waals surface area contributed by atoms with Crippen molar-refractivity contribution in [2.24, 2.45) is 0 Å². The van der Waals surface area contributed by atoms with Gasteiger partial charge in [0.1, 0.15) is 0 Å². The lowest BCUT2D eigenvalue weighted by atomic mass is 10.1. The zero-order valence-corrected chi connectivity index (χ0v) is 17.3. The Labute approximate surface area is 151 Å². The topological polar surface area (TPSA) is 70.9 Å². The van der Waals surface area contributed by atoms with Gasteiger partial charge in [0.15, 0.2) is 0 Å². The summed E-state index contributed by atoms with van der Waals surface area (Å²) in [5.74, 6) is 0. The summed E-state index contributed by atoms with van der Waals surface area (Å²) < 4.78 is 34.5. The van der Waals surface area contributed by atoms with Crippen molar-refractivity contribution in [2.45, 2.75) is 91.9 Å². The van der Waals surface area contributed by atoms with E-state index in [1.165, 1.54) is 64.6 Å². The van der Waals surface area contributed by atoms with Crippen molar-refractivity contribution in [3.8, 4) is 0 Å². The third kappa shape index (κ3) is 24.1. The highest BCUT2D eigenvalue weighted by Crippen LogP contribution is 2.10. The van der Waals surface area contributed by atoms with Crippen LogP contribution in [-0.4, -0.2) is 39.2 Å². The second-order valence-corrected chi connectivity index (χ2v) is 7.28. The number of hydrogen-bond acceptors (Lipinski definition) is 4. The van der Waals surface area contributed by atoms with Gasteiger partial charge >= 0.3 is 0 Å². The summed E-state index contributed by atoms with van der Waals surface area (Å²) in [6.45, 7) is 12.7. The maximum atomic E-state index is 10.1. The lowest BCUT2D eigenvalue weighted by molar-refractivity contribution is -0.894. The number of quaternary nitrogens is 1. The van der Waals surface area contributed by atoms with Crippen LogP contribution in [0.4, 0.5) is 0 Å². The summed E-state index contributed by atoms with van der Waals surface area (Å²) in [4.78, 5) is 1.68. The van der Waals surface area contributed by atoms with Crippen molar-refractivity contribution < 1.29 is 22.1 Å². The fourth-order valence-corrected chi connectivity index (χ4v) is 2.82. The first kappa shape index (κ1) is 26.1. The largest absolute Gasteiger partial charge is 0.726 e. The van der Waals surface area contributed by atoms with Crippen LogP contribution < -0.4 is 4.90 Å². The molecule has 5 nitrogen and oxygen atoms in total. The van der Waals surface area contributed by atoms with Gasteiger partial charge in [-0.2, -0.15) is 0 Å². The van der Waals surface area contributed by atoms with E-state index in [1.807, 2.05) is 0 Å². The summed E-state index contributed by atoms with van der Waals surface area (Å²) in [5.41, 5.74) is 0. The van der Waals surface area contributed by atoms with Crippen LogP contribution in [0.25, 0.3) is 0 Å². The summed E-state index contributed by atoms with van der Waals surface area (Å²) in [7, 11) is -4.48. The minimum atomic E-state index is -4.48. The van der Waals surface area contributed by atoms with E-state index in [1.54, 1.807) is 4.90 Å². The van der Waals surface area contributed by atoms with E-state index in [2.05, 4.69) is 31.9 Å². The highest BCUT2D eigenvalue weighted by atomic mass is 32.3. The minimum Gasteiger partial charge on any atom is -0.726 e. The molecule has 0 bridgehead atoms. The predicted molar refractivity (Wildman–Crippen MR) is 100 cm³/mol. The van der Waals surface area contributed by atoms with Crippen molar-refractivity contribution in [1.82, 2.24) is 0 Å². The molecule has 0 aliphatic heterocycles. The molecular formula is C18H41NO4S. The quantitative estimate of drug-likeness (QED) is 0.274. The van der Waals surface area contributed by atoms with E-state index in [9.17, 15) is 13.0 Å². The molecule has 1 N–H and O–H groups in total. The molecule has 0 aromatic rings. The van der Waals surface area contributed by atoms with Crippen molar-refractivity contribution in [3.63, 3.8) is 0 Å². The van der Waals surface area contributed by atoms with E-state index in [4.69, 9.17) is 0 Å². The normalized spacial score (nSPS) is 11.4. The molecule has 0 heterocycles. The molecule has 0 atom stereocenters. The molecule has 0 fully saturated rings. The molecule has 0 aromatic heterocycles. The average molecular weight is 368 g/mol. The van der Waals surface area contributed by atoms with Gasteiger partial charge in [-0.05, 0) is 27.2 Å². The van der Waals surface area contributed by atoms with Gasteiger partial charge in [-0.1, -0.05) is 64.7 Å². The minimum absolute atomic E-state index is 0.0301. The standard InChI is InChI=1S/C12H26O4S.C6H15N/c1-2-3-4-5-6-7-8-9-10-11-12-16-17(13,14)15;1-4-7(5-2)6-3/h2-12H2,1H3,(H,13,14,15);4-6H2,1-3H3. The Morgan fingerprint density at radius 3 is 1.38 bits per heavy atom. The molecule has 0 saturated carbocycles. The van der Waals surface area contributed by atoms with Crippen LogP contribution in [0.5, 0.6) is 0 Å². The number of hydrogen-bond donors (Lipinski definition) is 1. The Kier molecular flexibility index (Phi) is 20.8. The summed E-state index contributed by atoms with van der Waals surface area (Å²) in [6, 6.07) is 0. The first-order valence-corrected chi connectivity index (χ1v) is 11.2. The molecule has 0 amide bonds. The molecule has 0 saturated heterocycles. The molecule has 0 unspecified atom stereocenters. The van der Waals surface area contributed by atoms with Gasteiger partial charge in [0.25, 0.3) is 0 Å². The Bertz CT molecular complexity index is 324. The monoisotopic (exact) mass is 367 g/mol. The molecule has 0 aromatic carbocycles. The third-order valence-electron chi connectivity index (χ3n) is 4.23. The van der Waals surface area contributed by atoms with Gasteiger partial charge < -0.3 is 9.45 Å². The highest BCUT2D eigenvalue weighted by Gasteiger charge is 1.96. The highest BCUT2D eigenvalue weighted by molar-refractivity contribution is 7.80. The van der Waals surface area contributed by atoms with Crippen molar-refractivity contribution in [3.05, 3.63) is 0 Å². The Balaban J connectivity index is 0. The maximum Gasteiger partial charge on any atom is 0.217 e. The lowest BCUT2D eigenvalue weighted by Crippen LogP contribution is -3.11. The van der Waals surface area contributed by atoms with E-state index in [0.29, 0.717) is 6.42 Å². The maximum absolute atomic E-state index is 10.1. The molecule has 24 heavy (non-hydrogen) atoms. The number of rotatable bonds is 15. The Morgan fingerprint density at radius 2 is 1.08 bits per heavy atom. The second-order valence-electron chi connectivity index (χ2n) is 6.22. The van der Waals surface area contributed by atoms with Crippen LogP contribution in [0, 0.1) is 0 Å². The zero-order chi connectivity index (χ0) is 18.7. The molecule has 6 heteroatoms. The molecule has 0 aliphatic rings. The van der Waals surface area contributed by atoms with E-state index < -0.39 is 10.4 Å².